The van der Waals surface area contributed by atoms with Gasteiger partial charge < -0.3 is 10.1 Å². The van der Waals surface area contributed by atoms with Gasteiger partial charge in [0, 0.05) is 12.2 Å². The number of ketones is 1. The molecule has 1 aromatic carbocycles. The van der Waals surface area contributed by atoms with Gasteiger partial charge in [0.1, 0.15) is 15.4 Å². The summed E-state index contributed by atoms with van der Waals surface area (Å²) in [6.45, 7) is 7.92. The SMILES string of the molecule is CCOC(=O)N1CCCC(NCC(C)=O)(C(=O)Nc2c(C)cccc2C)C1I. The fraction of sp³-hybridized carbons (Fsp3) is 0.550. The molecule has 2 unspecified atom stereocenters. The molecule has 0 saturated carbocycles. The highest BCUT2D eigenvalue weighted by molar-refractivity contribution is 14.1. The lowest BCUT2D eigenvalue weighted by atomic mass is 9.87. The van der Waals surface area contributed by atoms with Crippen molar-refractivity contribution in [3.63, 3.8) is 0 Å². The number of nitrogens with one attached hydrogen (secondary N) is 2. The quantitative estimate of drug-likeness (QED) is 0.355. The molecule has 1 heterocycles. The standard InChI is InChI=1S/C20H28IN3O4/c1-5-28-19(27)24-11-7-10-20(17(24)21,22-12-15(4)25)18(26)23-16-13(2)8-6-9-14(16)3/h6,8-9,17,22H,5,7,10-12H2,1-4H3,(H,23,26). The van der Waals surface area contributed by atoms with Crippen molar-refractivity contribution in [1.82, 2.24) is 10.2 Å². The third kappa shape index (κ3) is 4.83. The van der Waals surface area contributed by atoms with Gasteiger partial charge in [-0.05, 0) is 51.7 Å². The van der Waals surface area contributed by atoms with E-state index in [9.17, 15) is 14.4 Å². The number of piperidine rings is 1. The lowest BCUT2D eigenvalue weighted by molar-refractivity contribution is -0.125. The zero-order valence-corrected chi connectivity index (χ0v) is 19.0. The molecule has 0 radical (unpaired) electrons. The van der Waals surface area contributed by atoms with Gasteiger partial charge in [-0.15, -0.1) is 0 Å². The largest absolute Gasteiger partial charge is 0.450 e. The first-order chi connectivity index (χ1) is 13.2. The number of nitrogens with zero attached hydrogens (tertiary/aromatic N) is 1. The Morgan fingerprint density at radius 2 is 1.93 bits per heavy atom. The third-order valence-corrected chi connectivity index (χ3v) is 6.67. The summed E-state index contributed by atoms with van der Waals surface area (Å²) < 4.78 is 4.66. The molecule has 0 aromatic heterocycles. The molecule has 1 aliphatic rings. The number of halogens is 1. The van der Waals surface area contributed by atoms with Crippen LogP contribution in [0.5, 0.6) is 0 Å². The topological polar surface area (TPSA) is 87.7 Å². The lowest BCUT2D eigenvalue weighted by Crippen LogP contribution is -2.68. The minimum Gasteiger partial charge on any atom is -0.450 e. The minimum absolute atomic E-state index is 0.0519. The van der Waals surface area contributed by atoms with E-state index in [1.165, 1.54) is 6.92 Å². The number of amides is 2. The lowest BCUT2D eigenvalue weighted by Gasteiger charge is -2.46. The monoisotopic (exact) mass is 501 g/mol. The van der Waals surface area contributed by atoms with Crippen LogP contribution in [0.15, 0.2) is 18.2 Å². The van der Waals surface area contributed by atoms with Gasteiger partial charge in [-0.3, -0.25) is 19.8 Å². The molecule has 2 N–H and O–H groups in total. The van der Waals surface area contributed by atoms with E-state index in [0.29, 0.717) is 19.4 Å². The number of Topliss-reactive ketones (excluding diaryl/α,β-unsaturated/α-hetero) is 1. The van der Waals surface area contributed by atoms with E-state index < -0.39 is 15.7 Å². The van der Waals surface area contributed by atoms with Gasteiger partial charge >= 0.3 is 6.09 Å². The van der Waals surface area contributed by atoms with Crippen LogP contribution in [0, 0.1) is 13.8 Å². The number of aryl methyl sites for hydroxylation is 2. The van der Waals surface area contributed by atoms with Crippen LogP contribution in [0.25, 0.3) is 0 Å². The Labute approximate surface area is 179 Å². The molecular formula is C20H28IN3O4. The average molecular weight is 501 g/mol. The fourth-order valence-corrected chi connectivity index (χ4v) is 4.73. The van der Waals surface area contributed by atoms with Gasteiger partial charge in [0.2, 0.25) is 5.91 Å². The molecule has 1 aromatic rings. The number of carbonyl (C=O) groups excluding carboxylic acids is 3. The second-order valence-corrected chi connectivity index (χ2v) is 8.26. The van der Waals surface area contributed by atoms with Crippen LogP contribution < -0.4 is 10.6 Å². The number of para-hydroxylation sites is 1. The van der Waals surface area contributed by atoms with Crippen molar-refractivity contribution in [3.8, 4) is 0 Å². The molecule has 0 spiro atoms. The molecule has 7 nitrogen and oxygen atoms in total. The summed E-state index contributed by atoms with van der Waals surface area (Å²) in [7, 11) is 0. The molecule has 2 atom stereocenters. The maximum atomic E-state index is 13.5. The summed E-state index contributed by atoms with van der Waals surface area (Å²) in [6, 6.07) is 5.81. The number of benzene rings is 1. The summed E-state index contributed by atoms with van der Waals surface area (Å²) >= 11 is 2.10. The maximum absolute atomic E-state index is 13.5. The van der Waals surface area contributed by atoms with Crippen molar-refractivity contribution >= 4 is 46.1 Å². The van der Waals surface area contributed by atoms with Crippen LogP contribution in [0.1, 0.15) is 37.8 Å². The molecule has 8 heteroatoms. The molecule has 2 rings (SSSR count). The van der Waals surface area contributed by atoms with Crippen LogP contribution in [0.4, 0.5) is 10.5 Å². The number of likely N-dealkylation sites (tertiary alicyclic amines) is 1. The van der Waals surface area contributed by atoms with Gasteiger partial charge in [0.15, 0.2) is 0 Å². The van der Waals surface area contributed by atoms with Crippen LogP contribution in [-0.2, 0) is 14.3 Å². The van der Waals surface area contributed by atoms with E-state index in [2.05, 4.69) is 33.2 Å². The molecule has 1 saturated heterocycles. The second-order valence-electron chi connectivity index (χ2n) is 7.08. The Kier molecular flexibility index (Phi) is 7.82. The number of ether oxygens (including phenoxy) is 1. The Morgan fingerprint density at radius 1 is 1.29 bits per heavy atom. The Balaban J connectivity index is 2.37. The molecule has 1 aliphatic heterocycles. The predicted octanol–water partition coefficient (Wildman–Crippen LogP) is 3.17. The Morgan fingerprint density at radius 3 is 2.50 bits per heavy atom. The maximum Gasteiger partial charge on any atom is 0.410 e. The predicted molar refractivity (Wildman–Crippen MR) is 117 cm³/mol. The van der Waals surface area contributed by atoms with Crippen molar-refractivity contribution in [2.45, 2.75) is 50.1 Å². The first-order valence-electron chi connectivity index (χ1n) is 9.42. The van der Waals surface area contributed by atoms with Crippen molar-refractivity contribution in [2.75, 3.05) is 25.0 Å². The molecule has 1 fully saturated rings. The van der Waals surface area contributed by atoms with E-state index in [1.807, 2.05) is 32.0 Å². The van der Waals surface area contributed by atoms with Gasteiger partial charge in [-0.2, -0.15) is 0 Å². The number of anilines is 1. The van der Waals surface area contributed by atoms with Crippen molar-refractivity contribution in [3.05, 3.63) is 29.3 Å². The third-order valence-electron chi connectivity index (χ3n) is 4.93. The van der Waals surface area contributed by atoms with Gasteiger partial charge in [-0.25, -0.2) is 4.79 Å². The first kappa shape index (κ1) is 22.6. The number of hydrogen-bond acceptors (Lipinski definition) is 5. The van der Waals surface area contributed by atoms with E-state index in [1.54, 1.807) is 11.8 Å². The second kappa shape index (κ2) is 9.69. The number of carbonyl (C=O) groups is 3. The van der Waals surface area contributed by atoms with E-state index in [0.717, 1.165) is 16.8 Å². The summed E-state index contributed by atoms with van der Waals surface area (Å²) in [6.07, 6.45) is 0.694. The fourth-order valence-electron chi connectivity index (χ4n) is 3.41. The highest BCUT2D eigenvalue weighted by Gasteiger charge is 2.51. The Bertz CT molecular complexity index is 735. The van der Waals surface area contributed by atoms with Crippen LogP contribution >= 0.6 is 22.6 Å². The van der Waals surface area contributed by atoms with Crippen LogP contribution in [-0.4, -0.2) is 52.0 Å². The van der Waals surface area contributed by atoms with Gasteiger partial charge in [0.25, 0.3) is 0 Å². The molecule has 154 valence electrons. The smallest absolute Gasteiger partial charge is 0.410 e. The summed E-state index contributed by atoms with van der Waals surface area (Å²) in [5.74, 6) is -0.323. The molecule has 2 amide bonds. The van der Waals surface area contributed by atoms with Crippen molar-refractivity contribution in [1.29, 1.82) is 0 Å². The van der Waals surface area contributed by atoms with Crippen LogP contribution in [0.3, 0.4) is 0 Å². The summed E-state index contributed by atoms with van der Waals surface area (Å²) in [5.41, 5.74) is 1.58. The highest BCUT2D eigenvalue weighted by Crippen LogP contribution is 2.34. The van der Waals surface area contributed by atoms with Crippen molar-refractivity contribution < 1.29 is 19.1 Å². The van der Waals surface area contributed by atoms with Crippen LogP contribution in [0.2, 0.25) is 0 Å². The normalized spacial score (nSPS) is 21.9. The molecule has 28 heavy (non-hydrogen) atoms. The first-order valence-corrected chi connectivity index (χ1v) is 10.7. The van der Waals surface area contributed by atoms with Gasteiger partial charge in [0.05, 0.1) is 13.2 Å². The highest BCUT2D eigenvalue weighted by atomic mass is 127. The molecule has 0 aliphatic carbocycles. The number of rotatable bonds is 6. The molecular weight excluding hydrogens is 473 g/mol. The summed E-state index contributed by atoms with van der Waals surface area (Å²) in [4.78, 5) is 39.1. The average Bonchev–Trinajstić information content (AvgIpc) is 2.64. The number of hydrogen-bond donors (Lipinski definition) is 2. The van der Waals surface area contributed by atoms with Crippen molar-refractivity contribution in [2.24, 2.45) is 0 Å². The summed E-state index contributed by atoms with van der Waals surface area (Å²) in [5, 5.41) is 6.19. The zero-order chi connectivity index (χ0) is 20.9. The number of alkyl halides is 1. The van der Waals surface area contributed by atoms with E-state index in [4.69, 9.17) is 4.74 Å². The van der Waals surface area contributed by atoms with Gasteiger partial charge in [-0.1, -0.05) is 40.8 Å². The zero-order valence-electron chi connectivity index (χ0n) is 16.8. The van der Waals surface area contributed by atoms with E-state index >= 15 is 0 Å². The van der Waals surface area contributed by atoms with E-state index in [-0.39, 0.29) is 24.8 Å². The molecule has 0 bridgehead atoms. The minimum atomic E-state index is -1.09. The Hall–Kier alpha value is -1.68.